The van der Waals surface area contributed by atoms with E-state index in [0.717, 1.165) is 24.3 Å². The summed E-state index contributed by atoms with van der Waals surface area (Å²) in [5.41, 5.74) is 3.85. The normalized spacial score (nSPS) is 11.1. The summed E-state index contributed by atoms with van der Waals surface area (Å²) in [6.07, 6.45) is 0.782. The lowest BCUT2D eigenvalue weighted by Crippen LogP contribution is -2.07. The van der Waals surface area contributed by atoms with E-state index in [1.165, 1.54) is 11.1 Å². The van der Waals surface area contributed by atoms with E-state index < -0.39 is 5.97 Å². The van der Waals surface area contributed by atoms with Crippen LogP contribution in [0.5, 0.6) is 5.75 Å². The Bertz CT molecular complexity index is 685. The molecule has 128 valence electrons. The lowest BCUT2D eigenvalue weighted by Gasteiger charge is -2.17. The second-order valence-electron chi connectivity index (χ2n) is 6.91. The molecule has 3 heteroatoms. The molecule has 2 aromatic carbocycles. The number of aromatic carboxylic acids is 1. The van der Waals surface area contributed by atoms with Crippen LogP contribution in [-0.4, -0.2) is 17.7 Å². The summed E-state index contributed by atoms with van der Waals surface area (Å²) >= 11 is 0. The zero-order valence-electron chi connectivity index (χ0n) is 14.9. The minimum atomic E-state index is -0.893. The first-order valence-electron chi connectivity index (χ1n) is 8.44. The predicted octanol–water partition coefficient (Wildman–Crippen LogP) is 5.13. The molecule has 0 unspecified atom stereocenters. The molecule has 0 atom stereocenters. The lowest BCUT2D eigenvalue weighted by atomic mass is 9.96. The Morgan fingerprint density at radius 2 is 1.62 bits per heavy atom. The summed E-state index contributed by atoms with van der Waals surface area (Å²) in [6, 6.07) is 13.4. The van der Waals surface area contributed by atoms with Gasteiger partial charge in [-0.2, -0.15) is 0 Å². The number of carboxylic acids is 1. The van der Waals surface area contributed by atoms with Gasteiger partial charge >= 0.3 is 5.97 Å². The molecule has 24 heavy (non-hydrogen) atoms. The van der Waals surface area contributed by atoms with E-state index in [9.17, 15) is 4.79 Å². The Balaban J connectivity index is 2.18. The predicted molar refractivity (Wildman–Crippen MR) is 97.1 cm³/mol. The van der Waals surface area contributed by atoms with E-state index in [2.05, 4.69) is 45.9 Å². The van der Waals surface area contributed by atoms with Crippen LogP contribution >= 0.6 is 0 Å². The maximum absolute atomic E-state index is 10.9. The Morgan fingerprint density at radius 3 is 2.17 bits per heavy atom. The molecule has 0 aromatic heterocycles. The zero-order chi connectivity index (χ0) is 17.7. The van der Waals surface area contributed by atoms with Gasteiger partial charge in [0.1, 0.15) is 5.75 Å². The van der Waals surface area contributed by atoms with Crippen molar-refractivity contribution in [1.82, 2.24) is 0 Å². The fraction of sp³-hybridized carbons (Fsp3) is 0.381. The summed E-state index contributed by atoms with van der Waals surface area (Å²) < 4.78 is 5.94. The maximum Gasteiger partial charge on any atom is 0.335 e. The third-order valence-electron chi connectivity index (χ3n) is 3.88. The first kappa shape index (κ1) is 18.1. The van der Waals surface area contributed by atoms with E-state index in [-0.39, 0.29) is 0 Å². The summed E-state index contributed by atoms with van der Waals surface area (Å²) in [4.78, 5) is 10.9. The third-order valence-corrected chi connectivity index (χ3v) is 3.88. The molecule has 0 aliphatic heterocycles. The molecule has 0 aliphatic rings. The number of benzene rings is 2. The van der Waals surface area contributed by atoms with Gasteiger partial charge in [-0.05, 0) is 53.1 Å². The fourth-order valence-electron chi connectivity index (χ4n) is 2.55. The van der Waals surface area contributed by atoms with E-state index >= 15 is 0 Å². The first-order valence-corrected chi connectivity index (χ1v) is 8.44. The van der Waals surface area contributed by atoms with Crippen molar-refractivity contribution in [2.75, 3.05) is 6.61 Å². The van der Waals surface area contributed by atoms with Gasteiger partial charge in [0.05, 0.1) is 12.2 Å². The SMILES string of the molecule is CC(C)COc1ccc(Cc2ccc(C(=O)O)cc2)cc1C(C)C. The number of carboxylic acid groups (broad SMARTS) is 1. The monoisotopic (exact) mass is 326 g/mol. The fourth-order valence-corrected chi connectivity index (χ4v) is 2.55. The van der Waals surface area contributed by atoms with Crippen molar-refractivity contribution in [2.24, 2.45) is 5.92 Å². The highest BCUT2D eigenvalue weighted by atomic mass is 16.5. The number of hydrogen-bond donors (Lipinski definition) is 1. The van der Waals surface area contributed by atoms with E-state index in [0.29, 0.717) is 17.4 Å². The van der Waals surface area contributed by atoms with Gasteiger partial charge in [0, 0.05) is 0 Å². The molecule has 0 bridgehead atoms. The van der Waals surface area contributed by atoms with Crippen molar-refractivity contribution in [3.05, 3.63) is 64.7 Å². The minimum absolute atomic E-state index is 0.319. The molecule has 1 N–H and O–H groups in total. The largest absolute Gasteiger partial charge is 0.493 e. The van der Waals surface area contributed by atoms with Crippen molar-refractivity contribution in [1.29, 1.82) is 0 Å². The third kappa shape index (κ3) is 4.85. The van der Waals surface area contributed by atoms with Crippen LogP contribution in [0.4, 0.5) is 0 Å². The van der Waals surface area contributed by atoms with Crippen LogP contribution in [0, 0.1) is 5.92 Å². The molecular formula is C21H26O3. The van der Waals surface area contributed by atoms with Crippen molar-refractivity contribution in [2.45, 2.75) is 40.0 Å². The van der Waals surface area contributed by atoms with Gasteiger partial charge in [0.15, 0.2) is 0 Å². The van der Waals surface area contributed by atoms with Crippen LogP contribution in [-0.2, 0) is 6.42 Å². The average molecular weight is 326 g/mol. The average Bonchev–Trinajstić information content (AvgIpc) is 2.53. The molecule has 2 rings (SSSR count). The van der Waals surface area contributed by atoms with Gasteiger partial charge in [-0.3, -0.25) is 0 Å². The van der Waals surface area contributed by atoms with E-state index in [4.69, 9.17) is 9.84 Å². The van der Waals surface area contributed by atoms with Gasteiger partial charge in [-0.25, -0.2) is 4.79 Å². The highest BCUT2D eigenvalue weighted by Gasteiger charge is 2.11. The van der Waals surface area contributed by atoms with E-state index in [1.54, 1.807) is 12.1 Å². The molecule has 0 spiro atoms. The lowest BCUT2D eigenvalue weighted by molar-refractivity contribution is 0.0697. The Morgan fingerprint density at radius 1 is 1.00 bits per heavy atom. The molecule has 3 nitrogen and oxygen atoms in total. The highest BCUT2D eigenvalue weighted by molar-refractivity contribution is 5.87. The van der Waals surface area contributed by atoms with Crippen molar-refractivity contribution in [3.8, 4) is 5.75 Å². The molecular weight excluding hydrogens is 300 g/mol. The molecule has 2 aromatic rings. The van der Waals surface area contributed by atoms with Crippen molar-refractivity contribution < 1.29 is 14.6 Å². The topological polar surface area (TPSA) is 46.5 Å². The minimum Gasteiger partial charge on any atom is -0.493 e. The summed E-state index contributed by atoms with van der Waals surface area (Å²) in [6.45, 7) is 9.34. The van der Waals surface area contributed by atoms with Gasteiger partial charge in [-0.15, -0.1) is 0 Å². The van der Waals surface area contributed by atoms with Gasteiger partial charge in [0.25, 0.3) is 0 Å². The molecule has 0 radical (unpaired) electrons. The van der Waals surface area contributed by atoms with Gasteiger partial charge in [-0.1, -0.05) is 52.0 Å². The summed E-state index contributed by atoms with van der Waals surface area (Å²) in [5.74, 6) is 0.956. The molecule has 0 saturated carbocycles. The molecule has 0 fully saturated rings. The van der Waals surface area contributed by atoms with Crippen LogP contribution < -0.4 is 4.74 Å². The van der Waals surface area contributed by atoms with Crippen molar-refractivity contribution >= 4 is 5.97 Å². The maximum atomic E-state index is 10.9. The standard InChI is InChI=1S/C21H26O3/c1-14(2)13-24-20-10-7-17(12-19(20)15(3)4)11-16-5-8-18(9-6-16)21(22)23/h5-10,12,14-15H,11,13H2,1-4H3,(H,22,23). The molecule has 0 saturated heterocycles. The highest BCUT2D eigenvalue weighted by Crippen LogP contribution is 2.29. The number of ether oxygens (including phenoxy) is 1. The smallest absolute Gasteiger partial charge is 0.335 e. The first-order chi connectivity index (χ1) is 11.4. The molecule has 0 amide bonds. The van der Waals surface area contributed by atoms with Gasteiger partial charge < -0.3 is 9.84 Å². The Labute approximate surface area is 144 Å². The number of rotatable bonds is 7. The molecule has 0 heterocycles. The number of carbonyl (C=O) groups is 1. The molecule has 0 aliphatic carbocycles. The van der Waals surface area contributed by atoms with Crippen LogP contribution in [0.15, 0.2) is 42.5 Å². The Kier molecular flexibility index (Phi) is 6.02. The second-order valence-corrected chi connectivity index (χ2v) is 6.91. The number of hydrogen-bond acceptors (Lipinski definition) is 2. The van der Waals surface area contributed by atoms with Crippen LogP contribution in [0.25, 0.3) is 0 Å². The van der Waals surface area contributed by atoms with Crippen LogP contribution in [0.3, 0.4) is 0 Å². The quantitative estimate of drug-likeness (QED) is 0.767. The Hall–Kier alpha value is -2.29. The van der Waals surface area contributed by atoms with E-state index in [1.807, 2.05) is 12.1 Å². The van der Waals surface area contributed by atoms with Gasteiger partial charge in [0.2, 0.25) is 0 Å². The summed E-state index contributed by atoms with van der Waals surface area (Å²) in [7, 11) is 0. The van der Waals surface area contributed by atoms with Crippen LogP contribution in [0.2, 0.25) is 0 Å². The van der Waals surface area contributed by atoms with Crippen LogP contribution in [0.1, 0.15) is 60.7 Å². The second kappa shape index (κ2) is 8.00. The summed E-state index contributed by atoms with van der Waals surface area (Å²) in [5, 5.41) is 8.97. The van der Waals surface area contributed by atoms with Crippen molar-refractivity contribution in [3.63, 3.8) is 0 Å². The zero-order valence-corrected chi connectivity index (χ0v) is 14.9.